The zero-order valence-corrected chi connectivity index (χ0v) is 9.40. The molecule has 1 unspecified atom stereocenters. The highest BCUT2D eigenvalue weighted by Gasteiger charge is 2.24. The van der Waals surface area contributed by atoms with E-state index >= 15 is 0 Å². The minimum Gasteiger partial charge on any atom is -0.481 e. The third kappa shape index (κ3) is 3.24. The van der Waals surface area contributed by atoms with Crippen LogP contribution in [0.1, 0.15) is 17.9 Å². The van der Waals surface area contributed by atoms with Gasteiger partial charge in [-0.2, -0.15) is 0 Å². The summed E-state index contributed by atoms with van der Waals surface area (Å²) in [7, 11) is 1.23. The van der Waals surface area contributed by atoms with Gasteiger partial charge in [0.05, 0.1) is 19.4 Å². The lowest BCUT2D eigenvalue weighted by molar-refractivity contribution is -0.147. The number of rotatable bonds is 4. The summed E-state index contributed by atoms with van der Waals surface area (Å²) in [6.45, 7) is 0. The van der Waals surface area contributed by atoms with E-state index in [0.717, 1.165) is 0 Å². The fraction of sp³-hybridized carbons (Fsp3) is 0.273. The summed E-state index contributed by atoms with van der Waals surface area (Å²) >= 11 is 5.70. The van der Waals surface area contributed by atoms with E-state index in [1.54, 1.807) is 24.3 Å². The molecule has 1 atom stereocenters. The highest BCUT2D eigenvalue weighted by Crippen LogP contribution is 2.22. The van der Waals surface area contributed by atoms with Crippen LogP contribution >= 0.6 is 11.6 Å². The van der Waals surface area contributed by atoms with Crippen molar-refractivity contribution in [1.82, 2.24) is 0 Å². The molecule has 5 heteroatoms. The average Bonchev–Trinajstić information content (AvgIpc) is 2.26. The minimum absolute atomic E-state index is 0.297. The number of ether oxygens (including phenoxy) is 1. The van der Waals surface area contributed by atoms with Crippen LogP contribution in [0.5, 0.6) is 0 Å². The third-order valence-corrected chi connectivity index (χ3v) is 2.39. The van der Waals surface area contributed by atoms with Gasteiger partial charge in [-0.05, 0) is 17.7 Å². The summed E-state index contributed by atoms with van der Waals surface area (Å²) in [5.74, 6) is -2.41. The van der Waals surface area contributed by atoms with Crippen LogP contribution in [-0.4, -0.2) is 24.2 Å². The van der Waals surface area contributed by atoms with Crippen LogP contribution in [0.25, 0.3) is 0 Å². The molecule has 1 N–H and O–H groups in total. The molecule has 0 spiro atoms. The van der Waals surface area contributed by atoms with Crippen molar-refractivity contribution in [2.24, 2.45) is 0 Å². The SMILES string of the molecule is COC(=O)C(CC(=O)O)c1ccc(Cl)cc1. The molecule has 86 valence electrons. The molecule has 1 aromatic carbocycles. The molecule has 0 bridgehead atoms. The highest BCUT2D eigenvalue weighted by molar-refractivity contribution is 6.30. The molecule has 0 saturated heterocycles. The molecule has 0 radical (unpaired) electrons. The van der Waals surface area contributed by atoms with Gasteiger partial charge in [0.2, 0.25) is 0 Å². The number of aliphatic carboxylic acids is 1. The number of carbonyl (C=O) groups excluding carboxylic acids is 1. The maximum atomic E-state index is 11.4. The Morgan fingerprint density at radius 2 is 1.94 bits per heavy atom. The highest BCUT2D eigenvalue weighted by atomic mass is 35.5. The number of esters is 1. The van der Waals surface area contributed by atoms with Gasteiger partial charge in [-0.15, -0.1) is 0 Å². The van der Waals surface area contributed by atoms with Crippen LogP contribution < -0.4 is 0 Å². The molecule has 0 aliphatic rings. The largest absolute Gasteiger partial charge is 0.481 e. The predicted octanol–water partition coefficient (Wildman–Crippen LogP) is 2.07. The molecule has 0 amide bonds. The zero-order chi connectivity index (χ0) is 12.1. The number of carboxylic acids is 1. The standard InChI is InChI=1S/C11H11ClO4/c1-16-11(15)9(6-10(13)14)7-2-4-8(12)5-3-7/h2-5,9H,6H2,1H3,(H,13,14). The van der Waals surface area contributed by atoms with E-state index in [1.807, 2.05) is 0 Å². The molecule has 0 aliphatic carbocycles. The van der Waals surface area contributed by atoms with Crippen molar-refractivity contribution in [2.45, 2.75) is 12.3 Å². The first-order valence-corrected chi connectivity index (χ1v) is 4.97. The maximum absolute atomic E-state index is 11.4. The van der Waals surface area contributed by atoms with Crippen LogP contribution in [0.4, 0.5) is 0 Å². The lowest BCUT2D eigenvalue weighted by atomic mass is 9.96. The molecule has 16 heavy (non-hydrogen) atoms. The predicted molar refractivity (Wildman–Crippen MR) is 58.5 cm³/mol. The average molecular weight is 243 g/mol. The quantitative estimate of drug-likeness (QED) is 0.821. The number of carbonyl (C=O) groups is 2. The van der Waals surface area contributed by atoms with Crippen molar-refractivity contribution in [3.63, 3.8) is 0 Å². The molecule has 1 aromatic rings. The number of hydrogen-bond donors (Lipinski definition) is 1. The van der Waals surface area contributed by atoms with Gasteiger partial charge in [0, 0.05) is 5.02 Å². The molecule has 1 rings (SSSR count). The first-order chi connectivity index (χ1) is 7.54. The van der Waals surface area contributed by atoms with Gasteiger partial charge in [0.1, 0.15) is 0 Å². The number of halogens is 1. The molecule has 0 aromatic heterocycles. The molecule has 0 aliphatic heterocycles. The summed E-state index contributed by atoms with van der Waals surface area (Å²) < 4.78 is 4.56. The van der Waals surface area contributed by atoms with Crippen LogP contribution in [-0.2, 0) is 14.3 Å². The summed E-state index contributed by atoms with van der Waals surface area (Å²) in [5, 5.41) is 9.24. The van der Waals surface area contributed by atoms with Gasteiger partial charge in [-0.3, -0.25) is 9.59 Å². The molecule has 4 nitrogen and oxygen atoms in total. The van der Waals surface area contributed by atoms with Crippen molar-refractivity contribution < 1.29 is 19.4 Å². The molecule has 0 saturated carbocycles. The van der Waals surface area contributed by atoms with Gasteiger partial charge in [0.25, 0.3) is 0 Å². The monoisotopic (exact) mass is 242 g/mol. The Labute approximate surface area is 97.8 Å². The topological polar surface area (TPSA) is 63.6 Å². The molecule has 0 fully saturated rings. The second-order valence-corrected chi connectivity index (χ2v) is 3.66. The fourth-order valence-electron chi connectivity index (χ4n) is 1.35. The number of benzene rings is 1. The van der Waals surface area contributed by atoms with E-state index < -0.39 is 17.9 Å². The van der Waals surface area contributed by atoms with Gasteiger partial charge in [-0.1, -0.05) is 23.7 Å². The molecular formula is C11H11ClO4. The van der Waals surface area contributed by atoms with Crippen molar-refractivity contribution in [3.8, 4) is 0 Å². The number of methoxy groups -OCH3 is 1. The minimum atomic E-state index is -1.05. The Morgan fingerprint density at radius 3 is 2.38 bits per heavy atom. The van der Waals surface area contributed by atoms with Crippen molar-refractivity contribution >= 4 is 23.5 Å². The summed E-state index contributed by atoms with van der Waals surface area (Å²) in [6.07, 6.45) is -0.297. The number of carboxylic acid groups (broad SMARTS) is 1. The maximum Gasteiger partial charge on any atom is 0.313 e. The fourth-order valence-corrected chi connectivity index (χ4v) is 1.48. The first kappa shape index (κ1) is 12.5. The van der Waals surface area contributed by atoms with E-state index in [-0.39, 0.29) is 6.42 Å². The summed E-state index contributed by atoms with van der Waals surface area (Å²) in [5.41, 5.74) is 0.582. The summed E-state index contributed by atoms with van der Waals surface area (Å²) in [6, 6.07) is 6.45. The van der Waals surface area contributed by atoms with E-state index in [1.165, 1.54) is 7.11 Å². The van der Waals surface area contributed by atoms with E-state index in [2.05, 4.69) is 4.74 Å². The number of hydrogen-bond acceptors (Lipinski definition) is 3. The third-order valence-electron chi connectivity index (χ3n) is 2.14. The van der Waals surface area contributed by atoms with Crippen LogP contribution in [0.2, 0.25) is 5.02 Å². The van der Waals surface area contributed by atoms with Gasteiger partial charge in [0.15, 0.2) is 0 Å². The van der Waals surface area contributed by atoms with Gasteiger partial charge in [-0.25, -0.2) is 0 Å². The summed E-state index contributed by atoms with van der Waals surface area (Å²) in [4.78, 5) is 22.1. The van der Waals surface area contributed by atoms with E-state index in [0.29, 0.717) is 10.6 Å². The molecular weight excluding hydrogens is 232 g/mol. The van der Waals surface area contributed by atoms with E-state index in [9.17, 15) is 9.59 Å². The Kier molecular flexibility index (Phi) is 4.31. The van der Waals surface area contributed by atoms with Crippen molar-refractivity contribution in [2.75, 3.05) is 7.11 Å². The second-order valence-electron chi connectivity index (χ2n) is 3.23. The Morgan fingerprint density at radius 1 is 1.38 bits per heavy atom. The second kappa shape index (κ2) is 5.51. The van der Waals surface area contributed by atoms with Crippen LogP contribution in [0.15, 0.2) is 24.3 Å². The first-order valence-electron chi connectivity index (χ1n) is 4.59. The zero-order valence-electron chi connectivity index (χ0n) is 8.64. The van der Waals surface area contributed by atoms with Crippen LogP contribution in [0, 0.1) is 0 Å². The Hall–Kier alpha value is -1.55. The Bertz CT molecular complexity index is 385. The molecule has 0 heterocycles. The van der Waals surface area contributed by atoms with Gasteiger partial charge >= 0.3 is 11.9 Å². The normalized spacial score (nSPS) is 11.9. The van der Waals surface area contributed by atoms with Gasteiger partial charge < -0.3 is 9.84 Å². The van der Waals surface area contributed by atoms with Crippen molar-refractivity contribution in [1.29, 1.82) is 0 Å². The van der Waals surface area contributed by atoms with E-state index in [4.69, 9.17) is 16.7 Å². The smallest absolute Gasteiger partial charge is 0.313 e. The Balaban J connectivity index is 2.96. The van der Waals surface area contributed by atoms with Crippen molar-refractivity contribution in [3.05, 3.63) is 34.9 Å². The lowest BCUT2D eigenvalue weighted by Crippen LogP contribution is -2.17. The van der Waals surface area contributed by atoms with Crippen LogP contribution in [0.3, 0.4) is 0 Å². The lowest BCUT2D eigenvalue weighted by Gasteiger charge is -2.12.